The zero-order valence-electron chi connectivity index (χ0n) is 8.22. The fourth-order valence-electron chi connectivity index (χ4n) is 0.601. The first kappa shape index (κ1) is 16.1. The SMILES string of the molecule is O=S(=O)(O)C(F)(F)F.Oc1ccc(CS)cc1. The molecule has 0 unspecified atom stereocenters. The van der Waals surface area contributed by atoms with Crippen molar-refractivity contribution in [1.82, 2.24) is 0 Å². The molecule has 0 aromatic heterocycles. The third-order valence-electron chi connectivity index (χ3n) is 1.41. The van der Waals surface area contributed by atoms with E-state index in [9.17, 15) is 13.2 Å². The van der Waals surface area contributed by atoms with Gasteiger partial charge in [0.05, 0.1) is 0 Å². The number of hydrogen-bond donors (Lipinski definition) is 3. The maximum atomic E-state index is 10.7. The lowest BCUT2D eigenvalue weighted by molar-refractivity contribution is -0.0510. The van der Waals surface area contributed by atoms with Gasteiger partial charge in [0.1, 0.15) is 5.75 Å². The van der Waals surface area contributed by atoms with Gasteiger partial charge in [0.15, 0.2) is 0 Å². The summed E-state index contributed by atoms with van der Waals surface area (Å²) in [5.41, 5.74) is -4.41. The number of benzene rings is 1. The number of thiol groups is 1. The average molecular weight is 290 g/mol. The zero-order valence-corrected chi connectivity index (χ0v) is 9.93. The van der Waals surface area contributed by atoms with Crippen LogP contribution in [0.4, 0.5) is 13.2 Å². The Balaban J connectivity index is 0.000000304. The van der Waals surface area contributed by atoms with E-state index >= 15 is 0 Å². The molecule has 1 rings (SSSR count). The second-order valence-electron chi connectivity index (χ2n) is 2.75. The van der Waals surface area contributed by atoms with Crippen LogP contribution in [0.1, 0.15) is 5.56 Å². The standard InChI is InChI=1S/C7H8OS.CHF3O3S/c8-7-3-1-6(5-9)2-4-7;2-1(3,4)8(5,6)7/h1-4,8-9H,5H2;(H,5,6,7). The third-order valence-corrected chi connectivity index (χ3v) is 2.36. The lowest BCUT2D eigenvalue weighted by Gasteiger charge is -1.97. The van der Waals surface area contributed by atoms with Gasteiger partial charge in [-0.1, -0.05) is 12.1 Å². The van der Waals surface area contributed by atoms with Crippen molar-refractivity contribution in [1.29, 1.82) is 0 Å². The molecule has 0 aliphatic heterocycles. The Morgan fingerprint density at radius 1 is 1.18 bits per heavy atom. The fraction of sp³-hybridized carbons (Fsp3) is 0.250. The van der Waals surface area contributed by atoms with E-state index < -0.39 is 15.6 Å². The Hall–Kier alpha value is -0.930. The molecule has 0 fully saturated rings. The van der Waals surface area contributed by atoms with Crippen molar-refractivity contribution in [2.45, 2.75) is 11.3 Å². The Morgan fingerprint density at radius 3 is 1.76 bits per heavy atom. The van der Waals surface area contributed by atoms with Crippen LogP contribution < -0.4 is 0 Å². The Bertz CT molecular complexity index is 439. The molecule has 0 saturated carbocycles. The lowest BCUT2D eigenvalue weighted by Crippen LogP contribution is -2.21. The summed E-state index contributed by atoms with van der Waals surface area (Å²) in [6.45, 7) is 0. The number of aromatic hydroxyl groups is 1. The van der Waals surface area contributed by atoms with Crippen LogP contribution in [0.15, 0.2) is 24.3 Å². The minimum atomic E-state index is -5.84. The van der Waals surface area contributed by atoms with Crippen molar-refractivity contribution in [3.8, 4) is 5.75 Å². The Morgan fingerprint density at radius 2 is 1.53 bits per heavy atom. The van der Waals surface area contributed by atoms with E-state index in [2.05, 4.69) is 12.6 Å². The van der Waals surface area contributed by atoms with Gasteiger partial charge in [0.2, 0.25) is 0 Å². The Kier molecular flexibility index (Phi) is 5.79. The molecular formula is C8H9F3O4S2. The highest BCUT2D eigenvalue weighted by molar-refractivity contribution is 7.86. The maximum absolute atomic E-state index is 10.7. The first-order chi connectivity index (χ1) is 7.58. The summed E-state index contributed by atoms with van der Waals surface area (Å²) in [5.74, 6) is 1.03. The van der Waals surface area contributed by atoms with Gasteiger partial charge in [-0.05, 0) is 17.7 Å². The summed E-state index contributed by atoms with van der Waals surface area (Å²) in [5, 5.41) is 8.83. The van der Waals surface area contributed by atoms with Crippen LogP contribution in [-0.4, -0.2) is 23.6 Å². The molecular weight excluding hydrogens is 281 g/mol. The molecule has 0 aliphatic carbocycles. The molecule has 0 spiro atoms. The van der Waals surface area contributed by atoms with Crippen molar-refractivity contribution in [2.24, 2.45) is 0 Å². The second kappa shape index (κ2) is 6.12. The molecule has 9 heteroatoms. The summed E-state index contributed by atoms with van der Waals surface area (Å²) in [6, 6.07) is 7.02. The zero-order chi connectivity index (χ0) is 13.7. The third kappa shape index (κ3) is 6.39. The minimum absolute atomic E-state index is 0.306. The van der Waals surface area contributed by atoms with E-state index in [1.165, 1.54) is 0 Å². The maximum Gasteiger partial charge on any atom is 0.522 e. The minimum Gasteiger partial charge on any atom is -0.508 e. The van der Waals surface area contributed by atoms with Gasteiger partial charge in [0.25, 0.3) is 0 Å². The van der Waals surface area contributed by atoms with Crippen molar-refractivity contribution < 1.29 is 31.2 Å². The number of halogens is 3. The van der Waals surface area contributed by atoms with Crippen molar-refractivity contribution in [2.75, 3.05) is 0 Å². The molecule has 17 heavy (non-hydrogen) atoms. The molecule has 2 N–H and O–H groups in total. The van der Waals surface area contributed by atoms with E-state index in [0.29, 0.717) is 5.75 Å². The average Bonchev–Trinajstić information content (AvgIpc) is 2.17. The fourth-order valence-corrected chi connectivity index (χ4v) is 0.812. The summed E-state index contributed by atoms with van der Waals surface area (Å²) < 4.78 is 57.5. The van der Waals surface area contributed by atoms with Crippen LogP contribution in [0.5, 0.6) is 5.75 Å². The van der Waals surface area contributed by atoms with Crippen LogP contribution in [0.25, 0.3) is 0 Å². The summed E-state index contributed by atoms with van der Waals surface area (Å²) >= 11 is 4.06. The van der Waals surface area contributed by atoms with Gasteiger partial charge >= 0.3 is 15.6 Å². The molecule has 0 atom stereocenters. The topological polar surface area (TPSA) is 74.6 Å². The highest BCUT2D eigenvalue weighted by Gasteiger charge is 2.44. The van der Waals surface area contributed by atoms with E-state index in [1.54, 1.807) is 12.1 Å². The highest BCUT2D eigenvalue weighted by Crippen LogP contribution is 2.20. The molecule has 4 nitrogen and oxygen atoms in total. The molecule has 1 aromatic carbocycles. The number of alkyl halides is 3. The van der Waals surface area contributed by atoms with E-state index in [-0.39, 0.29) is 0 Å². The normalized spacial score (nSPS) is 11.6. The number of rotatable bonds is 1. The first-order valence-electron chi connectivity index (χ1n) is 4.00. The summed E-state index contributed by atoms with van der Waals surface area (Å²) in [7, 11) is -5.84. The van der Waals surface area contributed by atoms with Crippen LogP contribution in [0.2, 0.25) is 0 Å². The van der Waals surface area contributed by atoms with Crippen molar-refractivity contribution in [3.63, 3.8) is 0 Å². The van der Waals surface area contributed by atoms with Crippen molar-refractivity contribution >= 4 is 22.7 Å². The van der Waals surface area contributed by atoms with E-state index in [1.807, 2.05) is 12.1 Å². The monoisotopic (exact) mass is 290 g/mol. The van der Waals surface area contributed by atoms with Crippen LogP contribution in [0, 0.1) is 0 Å². The molecule has 1 aromatic rings. The summed E-state index contributed by atoms with van der Waals surface area (Å²) in [4.78, 5) is 0. The van der Waals surface area contributed by atoms with Gasteiger partial charge < -0.3 is 5.11 Å². The van der Waals surface area contributed by atoms with E-state index in [4.69, 9.17) is 18.1 Å². The Labute approximate surface area is 101 Å². The van der Waals surface area contributed by atoms with Crippen LogP contribution >= 0.6 is 12.6 Å². The van der Waals surface area contributed by atoms with Crippen LogP contribution in [0.3, 0.4) is 0 Å². The van der Waals surface area contributed by atoms with Gasteiger partial charge in [-0.3, -0.25) is 4.55 Å². The lowest BCUT2D eigenvalue weighted by atomic mass is 10.2. The molecule has 0 saturated heterocycles. The highest BCUT2D eigenvalue weighted by atomic mass is 32.2. The van der Waals surface area contributed by atoms with Gasteiger partial charge in [-0.15, -0.1) is 0 Å². The number of phenolic OH excluding ortho intramolecular Hbond substituents is 1. The van der Waals surface area contributed by atoms with Gasteiger partial charge in [0, 0.05) is 5.75 Å². The smallest absolute Gasteiger partial charge is 0.508 e. The molecule has 0 radical (unpaired) electrons. The van der Waals surface area contributed by atoms with E-state index in [0.717, 1.165) is 11.3 Å². The quantitative estimate of drug-likeness (QED) is 0.421. The molecule has 98 valence electrons. The number of phenols is 1. The van der Waals surface area contributed by atoms with Gasteiger partial charge in [-0.25, -0.2) is 0 Å². The largest absolute Gasteiger partial charge is 0.522 e. The molecule has 0 amide bonds. The second-order valence-corrected chi connectivity index (χ2v) is 4.47. The predicted octanol–water partition coefficient (Wildman–Crippen LogP) is 2.22. The first-order valence-corrected chi connectivity index (χ1v) is 6.07. The van der Waals surface area contributed by atoms with Gasteiger partial charge in [-0.2, -0.15) is 34.2 Å². The number of hydrogen-bond acceptors (Lipinski definition) is 4. The van der Waals surface area contributed by atoms with Crippen molar-refractivity contribution in [3.05, 3.63) is 29.8 Å². The predicted molar refractivity (Wildman–Crippen MR) is 58.4 cm³/mol. The molecule has 0 bridgehead atoms. The van der Waals surface area contributed by atoms with Crippen LogP contribution in [-0.2, 0) is 15.9 Å². The molecule has 0 heterocycles. The molecule has 0 aliphatic rings. The summed E-state index contributed by atoms with van der Waals surface area (Å²) in [6.07, 6.45) is 0.